The highest BCUT2D eigenvalue weighted by Crippen LogP contribution is 2.23. The van der Waals surface area contributed by atoms with Crippen molar-refractivity contribution in [1.29, 1.82) is 0 Å². The van der Waals surface area contributed by atoms with Crippen molar-refractivity contribution in [3.05, 3.63) is 22.8 Å². The van der Waals surface area contributed by atoms with Gasteiger partial charge < -0.3 is 10.1 Å². The van der Waals surface area contributed by atoms with Gasteiger partial charge in [-0.1, -0.05) is 0 Å². The summed E-state index contributed by atoms with van der Waals surface area (Å²) in [6.07, 6.45) is 1.02. The summed E-state index contributed by atoms with van der Waals surface area (Å²) in [7, 11) is 1.69. The number of rotatable bonds is 2. The molecule has 0 saturated carbocycles. The van der Waals surface area contributed by atoms with Crippen LogP contribution in [-0.4, -0.2) is 23.6 Å². The first-order chi connectivity index (χ1) is 7.54. The van der Waals surface area contributed by atoms with Gasteiger partial charge in [0.1, 0.15) is 5.60 Å². The first kappa shape index (κ1) is 11.5. The van der Waals surface area contributed by atoms with Crippen LogP contribution in [0.3, 0.4) is 0 Å². The van der Waals surface area contributed by atoms with Crippen LogP contribution in [0.4, 0.5) is 0 Å². The van der Waals surface area contributed by atoms with Crippen molar-refractivity contribution in [3.8, 4) is 0 Å². The van der Waals surface area contributed by atoms with Crippen LogP contribution in [0.15, 0.2) is 0 Å². The minimum Gasteiger partial charge on any atom is -0.371 e. The van der Waals surface area contributed by atoms with Crippen molar-refractivity contribution in [2.75, 3.05) is 13.7 Å². The van der Waals surface area contributed by atoms with E-state index in [0.717, 1.165) is 36.7 Å². The van der Waals surface area contributed by atoms with E-state index < -0.39 is 5.60 Å². The van der Waals surface area contributed by atoms with E-state index in [4.69, 9.17) is 4.74 Å². The Bertz CT molecular complexity index is 401. The second-order valence-electron chi connectivity index (χ2n) is 4.70. The van der Waals surface area contributed by atoms with Crippen LogP contribution in [0.25, 0.3) is 0 Å². The number of ether oxygens (including phenoxy) is 1. The quantitative estimate of drug-likeness (QED) is 0.818. The van der Waals surface area contributed by atoms with Gasteiger partial charge in [0.2, 0.25) is 0 Å². The Morgan fingerprint density at radius 1 is 1.31 bits per heavy atom. The van der Waals surface area contributed by atoms with E-state index in [1.54, 1.807) is 7.11 Å². The van der Waals surface area contributed by atoms with Crippen molar-refractivity contribution in [2.45, 2.75) is 39.3 Å². The molecule has 0 saturated heterocycles. The van der Waals surface area contributed by atoms with Gasteiger partial charge in [-0.25, -0.2) is 9.97 Å². The van der Waals surface area contributed by atoms with Gasteiger partial charge in [-0.05, 0) is 39.3 Å². The van der Waals surface area contributed by atoms with Gasteiger partial charge in [-0.3, -0.25) is 0 Å². The molecule has 1 aliphatic heterocycles. The lowest BCUT2D eigenvalue weighted by atomic mass is 10.0. The molecule has 0 amide bonds. The predicted octanol–water partition coefficient (Wildman–Crippen LogP) is 1.31. The van der Waals surface area contributed by atoms with Gasteiger partial charge in [-0.15, -0.1) is 0 Å². The number of nitrogens with one attached hydrogen (secondary N) is 1. The molecule has 2 heterocycles. The Labute approximate surface area is 96.4 Å². The fourth-order valence-electron chi connectivity index (χ4n) is 1.91. The third-order valence-corrected chi connectivity index (χ3v) is 3.19. The Morgan fingerprint density at radius 3 is 2.75 bits per heavy atom. The number of fused-ring (bicyclic) bond motifs is 1. The lowest BCUT2D eigenvalue weighted by molar-refractivity contribution is 0.0110. The van der Waals surface area contributed by atoms with Gasteiger partial charge in [0.05, 0.1) is 5.69 Å². The molecule has 0 unspecified atom stereocenters. The molecule has 0 aliphatic carbocycles. The molecule has 16 heavy (non-hydrogen) atoms. The zero-order valence-corrected chi connectivity index (χ0v) is 10.4. The molecule has 0 fully saturated rings. The van der Waals surface area contributed by atoms with Gasteiger partial charge in [0.15, 0.2) is 5.82 Å². The molecule has 1 aliphatic rings. The molecule has 0 radical (unpaired) electrons. The van der Waals surface area contributed by atoms with Crippen LogP contribution in [0.5, 0.6) is 0 Å². The highest BCUT2D eigenvalue weighted by atomic mass is 16.5. The summed E-state index contributed by atoms with van der Waals surface area (Å²) in [6, 6.07) is 0. The highest BCUT2D eigenvalue weighted by Gasteiger charge is 2.26. The Morgan fingerprint density at radius 2 is 2.06 bits per heavy atom. The zero-order valence-electron chi connectivity index (χ0n) is 10.4. The summed E-state index contributed by atoms with van der Waals surface area (Å²) in [4.78, 5) is 9.18. The van der Waals surface area contributed by atoms with Crippen molar-refractivity contribution >= 4 is 0 Å². The average molecular weight is 221 g/mol. The summed E-state index contributed by atoms with van der Waals surface area (Å²) >= 11 is 0. The van der Waals surface area contributed by atoms with E-state index in [0.29, 0.717) is 0 Å². The van der Waals surface area contributed by atoms with Crippen LogP contribution >= 0.6 is 0 Å². The molecular formula is C12H19N3O. The van der Waals surface area contributed by atoms with E-state index in [2.05, 4.69) is 22.2 Å². The Hall–Kier alpha value is -1.00. The van der Waals surface area contributed by atoms with Crippen LogP contribution in [0.2, 0.25) is 0 Å². The average Bonchev–Trinajstić information content (AvgIpc) is 2.29. The summed E-state index contributed by atoms with van der Waals surface area (Å²) in [5, 5.41) is 3.33. The molecule has 0 spiro atoms. The summed E-state index contributed by atoms with van der Waals surface area (Å²) in [5.74, 6) is 0.773. The first-order valence-electron chi connectivity index (χ1n) is 5.67. The third kappa shape index (κ3) is 1.95. The minimum absolute atomic E-state index is 0.419. The highest BCUT2D eigenvalue weighted by molar-refractivity contribution is 5.28. The maximum Gasteiger partial charge on any atom is 0.160 e. The molecule has 1 aromatic heterocycles. The van der Waals surface area contributed by atoms with Crippen molar-refractivity contribution in [1.82, 2.24) is 15.3 Å². The number of nitrogens with zero attached hydrogens (tertiary/aromatic N) is 2. The fourth-order valence-corrected chi connectivity index (χ4v) is 1.91. The maximum atomic E-state index is 5.42. The SMILES string of the molecule is COC(C)(C)c1nc(C)c2c(n1)CNCC2. The molecule has 4 heteroatoms. The van der Waals surface area contributed by atoms with E-state index in [-0.39, 0.29) is 0 Å². The largest absolute Gasteiger partial charge is 0.371 e. The third-order valence-electron chi connectivity index (χ3n) is 3.19. The predicted molar refractivity (Wildman–Crippen MR) is 62.2 cm³/mol. The number of methoxy groups -OCH3 is 1. The first-order valence-corrected chi connectivity index (χ1v) is 5.67. The van der Waals surface area contributed by atoms with E-state index in [1.807, 2.05) is 13.8 Å². The number of aryl methyl sites for hydroxylation is 1. The smallest absolute Gasteiger partial charge is 0.160 e. The molecule has 2 rings (SSSR count). The number of hydrogen-bond donors (Lipinski definition) is 1. The summed E-state index contributed by atoms with van der Waals surface area (Å²) < 4.78 is 5.42. The second-order valence-corrected chi connectivity index (χ2v) is 4.70. The van der Waals surface area contributed by atoms with Crippen LogP contribution in [-0.2, 0) is 23.3 Å². The van der Waals surface area contributed by atoms with E-state index >= 15 is 0 Å². The Kier molecular flexibility index (Phi) is 2.95. The topological polar surface area (TPSA) is 47.0 Å². The molecule has 0 aromatic carbocycles. The summed E-state index contributed by atoms with van der Waals surface area (Å²) in [5.41, 5.74) is 3.09. The van der Waals surface area contributed by atoms with Gasteiger partial charge in [0.25, 0.3) is 0 Å². The molecule has 88 valence electrons. The van der Waals surface area contributed by atoms with Crippen molar-refractivity contribution < 1.29 is 4.74 Å². The van der Waals surface area contributed by atoms with Crippen molar-refractivity contribution in [3.63, 3.8) is 0 Å². The van der Waals surface area contributed by atoms with Crippen LogP contribution < -0.4 is 5.32 Å². The van der Waals surface area contributed by atoms with Gasteiger partial charge in [0, 0.05) is 19.3 Å². The molecule has 4 nitrogen and oxygen atoms in total. The lowest BCUT2D eigenvalue weighted by Crippen LogP contribution is -2.30. The normalized spacial score (nSPS) is 16.0. The van der Waals surface area contributed by atoms with E-state index in [9.17, 15) is 0 Å². The van der Waals surface area contributed by atoms with Crippen LogP contribution in [0.1, 0.15) is 36.6 Å². The zero-order chi connectivity index (χ0) is 11.8. The second kappa shape index (κ2) is 4.11. The maximum absolute atomic E-state index is 5.42. The van der Waals surface area contributed by atoms with Crippen LogP contribution in [0, 0.1) is 6.92 Å². The monoisotopic (exact) mass is 221 g/mol. The minimum atomic E-state index is -0.419. The fraction of sp³-hybridized carbons (Fsp3) is 0.667. The van der Waals surface area contributed by atoms with E-state index in [1.165, 1.54) is 5.56 Å². The lowest BCUT2D eigenvalue weighted by Gasteiger charge is -2.25. The van der Waals surface area contributed by atoms with Crippen molar-refractivity contribution in [2.24, 2.45) is 0 Å². The molecule has 1 N–H and O–H groups in total. The van der Waals surface area contributed by atoms with Gasteiger partial charge >= 0.3 is 0 Å². The number of aromatic nitrogens is 2. The number of hydrogen-bond acceptors (Lipinski definition) is 4. The standard InChI is InChI=1S/C12H19N3O/c1-8-9-5-6-13-7-10(9)15-11(14-8)12(2,3)16-4/h13H,5-7H2,1-4H3. The molecular weight excluding hydrogens is 202 g/mol. The summed E-state index contributed by atoms with van der Waals surface area (Å²) in [6.45, 7) is 7.89. The Balaban J connectivity index is 2.47. The van der Waals surface area contributed by atoms with Gasteiger partial charge in [-0.2, -0.15) is 0 Å². The molecule has 0 atom stereocenters. The molecule has 1 aromatic rings. The molecule has 0 bridgehead atoms.